The second-order valence-corrected chi connectivity index (χ2v) is 10.1. The summed E-state index contributed by atoms with van der Waals surface area (Å²) in [4.78, 5) is 25.7. The van der Waals surface area contributed by atoms with Gasteiger partial charge >= 0.3 is 0 Å². The minimum atomic E-state index is -4.07. The number of amides is 1. The second-order valence-electron chi connectivity index (χ2n) is 7.86. The number of aromatic nitrogens is 1. The van der Waals surface area contributed by atoms with Crippen molar-refractivity contribution < 1.29 is 17.9 Å². The van der Waals surface area contributed by atoms with Crippen LogP contribution in [0.2, 0.25) is 5.02 Å². The van der Waals surface area contributed by atoms with Gasteiger partial charge in [-0.3, -0.25) is 9.59 Å². The molecule has 1 N–H and O–H groups in total. The Kier molecular flexibility index (Phi) is 7.00. The van der Waals surface area contributed by atoms with Gasteiger partial charge in [0.05, 0.1) is 17.7 Å². The summed E-state index contributed by atoms with van der Waals surface area (Å²) in [7, 11) is -2.62. The average Bonchev–Trinajstić information content (AvgIpc) is 2.73. The number of hydrogen-bond acceptors (Lipinski definition) is 5. The van der Waals surface area contributed by atoms with Gasteiger partial charge in [-0.15, -0.1) is 0 Å². The number of sulfone groups is 1. The number of rotatable bonds is 6. The van der Waals surface area contributed by atoms with Crippen LogP contribution in [0.4, 0.5) is 5.69 Å². The summed E-state index contributed by atoms with van der Waals surface area (Å²) in [6.45, 7) is 6.48. The Balaban J connectivity index is 2.00. The number of benzene rings is 2. The lowest BCUT2D eigenvalue weighted by Crippen LogP contribution is -2.33. The Hall–Kier alpha value is -3.10. The largest absolute Gasteiger partial charge is 0.495 e. The molecule has 0 aliphatic carbocycles. The SMILES string of the molecule is COc1cc(Cl)c(C)cc1NC(=O)Cn1c(C)cc(C)c(S(=O)(=O)c2ccc(C)cc2)c1=O. The molecule has 7 nitrogen and oxygen atoms in total. The molecule has 2 aromatic carbocycles. The highest BCUT2D eigenvalue weighted by Crippen LogP contribution is 2.31. The lowest BCUT2D eigenvalue weighted by Gasteiger charge is -2.16. The van der Waals surface area contributed by atoms with Gasteiger partial charge in [0.25, 0.3) is 5.56 Å². The van der Waals surface area contributed by atoms with Crippen molar-refractivity contribution in [2.24, 2.45) is 0 Å². The van der Waals surface area contributed by atoms with E-state index in [1.807, 2.05) is 6.92 Å². The molecule has 0 spiro atoms. The number of anilines is 1. The van der Waals surface area contributed by atoms with Gasteiger partial charge < -0.3 is 14.6 Å². The zero-order valence-corrected chi connectivity index (χ0v) is 20.6. The first-order chi connectivity index (χ1) is 15.4. The second kappa shape index (κ2) is 9.41. The van der Waals surface area contributed by atoms with E-state index in [0.717, 1.165) is 15.7 Å². The molecular weight excluding hydrogens is 464 g/mol. The molecule has 3 aromatic rings. The molecular formula is C24H25ClN2O5S. The molecule has 0 fully saturated rings. The van der Waals surface area contributed by atoms with Crippen molar-refractivity contribution in [2.75, 3.05) is 12.4 Å². The Morgan fingerprint density at radius 3 is 2.27 bits per heavy atom. The zero-order chi connectivity index (χ0) is 24.5. The van der Waals surface area contributed by atoms with Crippen LogP contribution in [0, 0.1) is 27.7 Å². The quantitative estimate of drug-likeness (QED) is 0.560. The predicted octanol–water partition coefficient (Wildman–Crippen LogP) is 4.22. The highest BCUT2D eigenvalue weighted by Gasteiger charge is 2.26. The van der Waals surface area contributed by atoms with Crippen molar-refractivity contribution in [3.8, 4) is 5.75 Å². The summed E-state index contributed by atoms with van der Waals surface area (Å²) in [6.07, 6.45) is 0. The van der Waals surface area contributed by atoms with Gasteiger partial charge in [0.15, 0.2) is 0 Å². The molecule has 0 unspecified atom stereocenters. The van der Waals surface area contributed by atoms with Gasteiger partial charge in [0.2, 0.25) is 15.7 Å². The van der Waals surface area contributed by atoms with E-state index < -0.39 is 21.3 Å². The number of nitrogens with zero attached hydrogens (tertiary/aromatic N) is 1. The highest BCUT2D eigenvalue weighted by atomic mass is 35.5. The number of carbonyl (C=O) groups is 1. The molecule has 1 heterocycles. The van der Waals surface area contributed by atoms with Crippen molar-refractivity contribution in [2.45, 2.75) is 44.0 Å². The minimum absolute atomic E-state index is 0.0227. The molecule has 1 aromatic heterocycles. The van der Waals surface area contributed by atoms with Crippen LogP contribution in [-0.4, -0.2) is 26.0 Å². The summed E-state index contributed by atoms with van der Waals surface area (Å²) >= 11 is 6.11. The lowest BCUT2D eigenvalue weighted by molar-refractivity contribution is -0.116. The van der Waals surface area contributed by atoms with E-state index in [9.17, 15) is 18.0 Å². The van der Waals surface area contributed by atoms with E-state index in [1.54, 1.807) is 51.1 Å². The van der Waals surface area contributed by atoms with E-state index in [1.165, 1.54) is 19.2 Å². The van der Waals surface area contributed by atoms with Crippen LogP contribution >= 0.6 is 11.6 Å². The Labute approximate surface area is 197 Å². The maximum absolute atomic E-state index is 13.3. The maximum atomic E-state index is 13.3. The monoisotopic (exact) mass is 488 g/mol. The first-order valence-electron chi connectivity index (χ1n) is 10.1. The van der Waals surface area contributed by atoms with E-state index in [-0.39, 0.29) is 16.3 Å². The molecule has 0 saturated heterocycles. The number of hydrogen-bond donors (Lipinski definition) is 1. The molecule has 0 atom stereocenters. The van der Waals surface area contributed by atoms with Gasteiger partial charge in [0.1, 0.15) is 17.2 Å². The fraction of sp³-hybridized carbons (Fsp3) is 0.250. The third-order valence-corrected chi connectivity index (χ3v) is 7.64. The van der Waals surface area contributed by atoms with Crippen LogP contribution in [-0.2, 0) is 21.2 Å². The van der Waals surface area contributed by atoms with E-state index in [2.05, 4.69) is 5.32 Å². The Morgan fingerprint density at radius 2 is 1.67 bits per heavy atom. The van der Waals surface area contributed by atoms with Crippen molar-refractivity contribution in [1.82, 2.24) is 4.57 Å². The molecule has 0 saturated carbocycles. The number of ether oxygens (including phenoxy) is 1. The maximum Gasteiger partial charge on any atom is 0.270 e. The van der Waals surface area contributed by atoms with Gasteiger partial charge in [-0.2, -0.15) is 0 Å². The smallest absolute Gasteiger partial charge is 0.270 e. The van der Waals surface area contributed by atoms with Crippen molar-refractivity contribution >= 4 is 33.0 Å². The summed E-state index contributed by atoms with van der Waals surface area (Å²) in [5.74, 6) is -0.141. The van der Waals surface area contributed by atoms with Crippen LogP contribution in [0.3, 0.4) is 0 Å². The number of pyridine rings is 1. The summed E-state index contributed by atoms with van der Waals surface area (Å²) in [5.41, 5.74) is 2.08. The third kappa shape index (κ3) is 4.96. The fourth-order valence-electron chi connectivity index (χ4n) is 3.53. The van der Waals surface area contributed by atoms with Gasteiger partial charge in [0, 0.05) is 16.8 Å². The van der Waals surface area contributed by atoms with E-state index in [4.69, 9.17) is 16.3 Å². The number of methoxy groups -OCH3 is 1. The standard InChI is InChI=1S/C24H25ClN2O5S/c1-14-6-8-18(9-7-14)33(30,31)23-16(3)10-17(4)27(24(23)29)13-22(28)26-20-11-15(2)19(25)12-21(20)32-5/h6-12H,13H2,1-5H3,(H,26,28). The molecule has 3 rings (SSSR count). The van der Waals surface area contributed by atoms with Gasteiger partial charge in [-0.25, -0.2) is 8.42 Å². The molecule has 0 aliphatic heterocycles. The normalized spacial score (nSPS) is 11.3. The molecule has 33 heavy (non-hydrogen) atoms. The van der Waals surface area contributed by atoms with E-state index in [0.29, 0.717) is 27.7 Å². The van der Waals surface area contributed by atoms with Crippen molar-refractivity contribution in [3.63, 3.8) is 0 Å². The topological polar surface area (TPSA) is 94.5 Å². The molecule has 9 heteroatoms. The highest BCUT2D eigenvalue weighted by molar-refractivity contribution is 7.91. The van der Waals surface area contributed by atoms with Gasteiger partial charge in [-0.1, -0.05) is 29.3 Å². The number of halogens is 1. The fourth-order valence-corrected chi connectivity index (χ4v) is 5.24. The molecule has 0 aliphatic rings. The molecule has 174 valence electrons. The third-order valence-electron chi connectivity index (χ3n) is 5.31. The van der Waals surface area contributed by atoms with Crippen molar-refractivity contribution in [1.29, 1.82) is 0 Å². The first-order valence-corrected chi connectivity index (χ1v) is 12.0. The zero-order valence-electron chi connectivity index (χ0n) is 19.0. The van der Waals surface area contributed by atoms with Crippen LogP contribution in [0.5, 0.6) is 5.75 Å². The Morgan fingerprint density at radius 1 is 1.03 bits per heavy atom. The number of nitrogens with one attached hydrogen (secondary N) is 1. The van der Waals surface area contributed by atoms with Crippen LogP contribution < -0.4 is 15.6 Å². The molecule has 0 bridgehead atoms. The first kappa shape index (κ1) is 24.5. The number of carbonyl (C=O) groups excluding carboxylic acids is 1. The van der Waals surface area contributed by atoms with E-state index >= 15 is 0 Å². The van der Waals surface area contributed by atoms with Crippen LogP contribution in [0.1, 0.15) is 22.4 Å². The summed E-state index contributed by atoms with van der Waals surface area (Å²) in [6, 6.07) is 11.1. The average molecular weight is 489 g/mol. The van der Waals surface area contributed by atoms with Crippen LogP contribution in [0.25, 0.3) is 0 Å². The van der Waals surface area contributed by atoms with Crippen LogP contribution in [0.15, 0.2) is 57.1 Å². The lowest BCUT2D eigenvalue weighted by atomic mass is 10.2. The summed E-state index contributed by atoms with van der Waals surface area (Å²) in [5, 5.41) is 3.20. The van der Waals surface area contributed by atoms with Crippen molar-refractivity contribution in [3.05, 3.63) is 80.2 Å². The van der Waals surface area contributed by atoms with Gasteiger partial charge in [-0.05, 0) is 63.1 Å². The Bertz CT molecular complexity index is 1390. The molecule has 1 amide bonds. The molecule has 0 radical (unpaired) electrons. The minimum Gasteiger partial charge on any atom is -0.495 e. The number of aryl methyl sites for hydroxylation is 4. The summed E-state index contributed by atoms with van der Waals surface area (Å²) < 4.78 is 32.9. The predicted molar refractivity (Wildman–Crippen MR) is 128 cm³/mol.